The van der Waals surface area contributed by atoms with Crippen LogP contribution in [0.25, 0.3) is 0 Å². The third kappa shape index (κ3) is 4.54. The minimum Gasteiger partial charge on any atom is -0.381 e. The molecule has 8 nitrogen and oxygen atoms in total. The number of hydrogen-bond acceptors (Lipinski definition) is 5. The van der Waals surface area contributed by atoms with E-state index in [1.165, 1.54) is 0 Å². The normalized spacial score (nSPS) is 15.7. The lowest BCUT2D eigenvalue weighted by Crippen LogP contribution is -2.46. The van der Waals surface area contributed by atoms with Gasteiger partial charge in [0.25, 0.3) is 0 Å². The third-order valence-corrected chi connectivity index (χ3v) is 2.86. The minimum atomic E-state index is -0.361. The van der Waals surface area contributed by atoms with Crippen molar-refractivity contribution in [2.75, 3.05) is 25.1 Å². The average molecular weight is 282 g/mol. The molecule has 2 heterocycles. The van der Waals surface area contributed by atoms with Gasteiger partial charge in [0.05, 0.1) is 6.54 Å². The number of aromatic nitrogens is 1. The molecular weight excluding hydrogens is 264 g/mol. The maximum Gasteiger partial charge on any atom is 0.315 e. The Hall–Kier alpha value is -2.09. The molecule has 110 valence electrons. The van der Waals surface area contributed by atoms with Gasteiger partial charge in [-0.3, -0.25) is 4.79 Å². The number of aryl methyl sites for hydroxylation is 1. The van der Waals surface area contributed by atoms with Gasteiger partial charge >= 0.3 is 6.03 Å². The molecule has 2 rings (SSSR count). The first kappa shape index (κ1) is 14.3. The topological polar surface area (TPSA) is 105 Å². The fraction of sp³-hybridized carbons (Fsp3) is 0.583. The number of carbonyl (C=O) groups is 2. The zero-order chi connectivity index (χ0) is 14.4. The Morgan fingerprint density at radius 1 is 1.40 bits per heavy atom. The number of urea groups is 1. The highest BCUT2D eigenvalue weighted by Crippen LogP contribution is 2.06. The number of ether oxygens (including phenoxy) is 1. The number of rotatable bonds is 4. The molecule has 0 aromatic carbocycles. The number of amides is 3. The van der Waals surface area contributed by atoms with Crippen molar-refractivity contribution < 1.29 is 18.8 Å². The molecule has 1 fully saturated rings. The molecule has 8 heteroatoms. The molecule has 0 bridgehead atoms. The van der Waals surface area contributed by atoms with E-state index in [-0.39, 0.29) is 24.5 Å². The van der Waals surface area contributed by atoms with Crippen molar-refractivity contribution >= 4 is 17.8 Å². The fourth-order valence-corrected chi connectivity index (χ4v) is 1.85. The molecule has 3 N–H and O–H groups in total. The second-order valence-electron chi connectivity index (χ2n) is 4.58. The van der Waals surface area contributed by atoms with Crippen LogP contribution in [0.1, 0.15) is 18.6 Å². The van der Waals surface area contributed by atoms with E-state index in [0.29, 0.717) is 24.8 Å². The zero-order valence-electron chi connectivity index (χ0n) is 11.3. The Labute approximate surface area is 116 Å². The molecule has 1 aliphatic rings. The van der Waals surface area contributed by atoms with E-state index in [1.807, 2.05) is 0 Å². The van der Waals surface area contributed by atoms with E-state index in [4.69, 9.17) is 9.26 Å². The van der Waals surface area contributed by atoms with E-state index >= 15 is 0 Å². The summed E-state index contributed by atoms with van der Waals surface area (Å²) in [5, 5.41) is 11.4. The molecule has 1 aromatic rings. The predicted molar refractivity (Wildman–Crippen MR) is 70.2 cm³/mol. The number of anilines is 1. The Bertz CT molecular complexity index is 468. The zero-order valence-corrected chi connectivity index (χ0v) is 11.3. The first-order chi connectivity index (χ1) is 9.63. The highest BCUT2D eigenvalue weighted by Gasteiger charge is 2.16. The highest BCUT2D eigenvalue weighted by atomic mass is 16.5. The van der Waals surface area contributed by atoms with Crippen LogP contribution in [0.5, 0.6) is 0 Å². The van der Waals surface area contributed by atoms with Crippen LogP contribution in [0.4, 0.5) is 10.6 Å². The van der Waals surface area contributed by atoms with E-state index in [2.05, 4.69) is 21.1 Å². The molecule has 0 saturated carbocycles. The molecule has 3 amide bonds. The quantitative estimate of drug-likeness (QED) is 0.741. The van der Waals surface area contributed by atoms with Crippen LogP contribution in [0, 0.1) is 6.92 Å². The highest BCUT2D eigenvalue weighted by molar-refractivity contribution is 5.93. The van der Waals surface area contributed by atoms with Gasteiger partial charge in [0, 0.05) is 25.3 Å². The van der Waals surface area contributed by atoms with Gasteiger partial charge < -0.3 is 25.2 Å². The molecule has 1 aromatic heterocycles. The molecule has 0 unspecified atom stereocenters. The first-order valence-corrected chi connectivity index (χ1v) is 6.49. The Morgan fingerprint density at radius 2 is 2.15 bits per heavy atom. The largest absolute Gasteiger partial charge is 0.381 e. The van der Waals surface area contributed by atoms with Gasteiger partial charge in [0.2, 0.25) is 5.91 Å². The van der Waals surface area contributed by atoms with Crippen molar-refractivity contribution in [2.24, 2.45) is 0 Å². The van der Waals surface area contributed by atoms with Crippen LogP contribution in [-0.4, -0.2) is 42.9 Å². The Balaban J connectivity index is 1.66. The third-order valence-electron chi connectivity index (χ3n) is 2.86. The van der Waals surface area contributed by atoms with Gasteiger partial charge in [-0.15, -0.1) is 0 Å². The predicted octanol–water partition coefficient (Wildman–Crippen LogP) is 0.400. The lowest BCUT2D eigenvalue weighted by atomic mass is 10.1. The van der Waals surface area contributed by atoms with Crippen molar-refractivity contribution in [1.29, 1.82) is 0 Å². The Kier molecular flexibility index (Phi) is 4.94. The van der Waals surface area contributed by atoms with Crippen LogP contribution >= 0.6 is 0 Å². The molecule has 20 heavy (non-hydrogen) atoms. The maximum atomic E-state index is 11.6. The van der Waals surface area contributed by atoms with Gasteiger partial charge in [-0.25, -0.2) is 4.79 Å². The first-order valence-electron chi connectivity index (χ1n) is 6.49. The monoisotopic (exact) mass is 282 g/mol. The molecule has 0 spiro atoms. The van der Waals surface area contributed by atoms with Crippen LogP contribution in [-0.2, 0) is 9.53 Å². The van der Waals surface area contributed by atoms with E-state index in [9.17, 15) is 9.59 Å². The lowest BCUT2D eigenvalue weighted by molar-refractivity contribution is -0.115. The van der Waals surface area contributed by atoms with Crippen molar-refractivity contribution in [2.45, 2.75) is 25.8 Å². The maximum absolute atomic E-state index is 11.6. The fourth-order valence-electron chi connectivity index (χ4n) is 1.85. The van der Waals surface area contributed by atoms with Gasteiger partial charge in [0.1, 0.15) is 5.76 Å². The van der Waals surface area contributed by atoms with E-state index in [0.717, 1.165) is 12.8 Å². The van der Waals surface area contributed by atoms with Crippen LogP contribution < -0.4 is 16.0 Å². The summed E-state index contributed by atoms with van der Waals surface area (Å²) in [4.78, 5) is 23.2. The summed E-state index contributed by atoms with van der Waals surface area (Å²) in [6, 6.07) is 1.34. The summed E-state index contributed by atoms with van der Waals surface area (Å²) < 4.78 is 10.0. The van der Waals surface area contributed by atoms with Crippen LogP contribution in [0.2, 0.25) is 0 Å². The number of hydrogen-bond donors (Lipinski definition) is 3. The molecule has 0 atom stereocenters. The van der Waals surface area contributed by atoms with Crippen molar-refractivity contribution in [3.63, 3.8) is 0 Å². The second-order valence-corrected chi connectivity index (χ2v) is 4.58. The summed E-state index contributed by atoms with van der Waals surface area (Å²) in [6.07, 6.45) is 1.58. The van der Waals surface area contributed by atoms with Gasteiger partial charge in [-0.2, -0.15) is 0 Å². The summed E-state index contributed by atoms with van der Waals surface area (Å²) >= 11 is 0. The van der Waals surface area contributed by atoms with E-state index in [1.54, 1.807) is 13.0 Å². The Morgan fingerprint density at radius 3 is 2.80 bits per heavy atom. The smallest absolute Gasteiger partial charge is 0.315 e. The molecule has 0 aliphatic carbocycles. The van der Waals surface area contributed by atoms with Crippen molar-refractivity contribution in [3.8, 4) is 0 Å². The van der Waals surface area contributed by atoms with Crippen molar-refractivity contribution in [1.82, 2.24) is 15.8 Å². The van der Waals surface area contributed by atoms with Gasteiger partial charge in [-0.1, -0.05) is 5.16 Å². The molecule has 0 radical (unpaired) electrons. The second kappa shape index (κ2) is 6.90. The van der Waals surface area contributed by atoms with Crippen LogP contribution in [0.3, 0.4) is 0 Å². The summed E-state index contributed by atoms with van der Waals surface area (Å²) in [5.74, 6) is 0.574. The summed E-state index contributed by atoms with van der Waals surface area (Å²) in [7, 11) is 0. The van der Waals surface area contributed by atoms with Gasteiger partial charge in [-0.05, 0) is 19.8 Å². The lowest BCUT2D eigenvalue weighted by Gasteiger charge is -2.23. The van der Waals surface area contributed by atoms with Gasteiger partial charge in [0.15, 0.2) is 5.82 Å². The van der Waals surface area contributed by atoms with Crippen molar-refractivity contribution in [3.05, 3.63) is 11.8 Å². The summed E-state index contributed by atoms with van der Waals surface area (Å²) in [6.45, 7) is 2.90. The SMILES string of the molecule is Cc1cc(NC(=O)CNC(=O)NC2CCOCC2)no1. The number of carbonyl (C=O) groups excluding carboxylic acids is 2. The standard InChI is InChI=1S/C12H18N4O4/c1-8-6-10(16-20-8)15-11(17)7-13-12(18)14-9-2-4-19-5-3-9/h6,9H,2-5,7H2,1H3,(H2,13,14,18)(H,15,16,17). The number of nitrogens with one attached hydrogen (secondary N) is 3. The molecule has 1 saturated heterocycles. The average Bonchev–Trinajstić information content (AvgIpc) is 2.83. The summed E-state index contributed by atoms with van der Waals surface area (Å²) in [5.41, 5.74) is 0. The van der Waals surface area contributed by atoms with Crippen LogP contribution in [0.15, 0.2) is 10.6 Å². The molecular formula is C12H18N4O4. The molecule has 1 aliphatic heterocycles. The minimum absolute atomic E-state index is 0.102. The number of nitrogens with zero attached hydrogens (tertiary/aromatic N) is 1. The van der Waals surface area contributed by atoms with E-state index < -0.39 is 0 Å².